The summed E-state index contributed by atoms with van der Waals surface area (Å²) in [5.74, 6) is 0. The third-order valence-corrected chi connectivity index (χ3v) is 3.00. The van der Waals surface area contributed by atoms with Gasteiger partial charge < -0.3 is 5.73 Å². The number of nitrogens with two attached hydrogens (primary N) is 1. The van der Waals surface area contributed by atoms with E-state index in [1.165, 1.54) is 0 Å². The quantitative estimate of drug-likeness (QED) is 0.750. The highest BCUT2D eigenvalue weighted by Gasteiger charge is 2.10. The smallest absolute Gasteiger partial charge is 0.113 e. The summed E-state index contributed by atoms with van der Waals surface area (Å²) in [5.41, 5.74) is 9.44. The van der Waals surface area contributed by atoms with E-state index < -0.39 is 0 Å². The maximum Gasteiger partial charge on any atom is 0.113 e. The maximum atomic E-state index is 9.26. The monoisotopic (exact) mass is 249 g/mol. The van der Waals surface area contributed by atoms with Crippen molar-refractivity contribution in [2.24, 2.45) is 5.73 Å². The van der Waals surface area contributed by atoms with Gasteiger partial charge in [-0.05, 0) is 29.8 Å². The van der Waals surface area contributed by atoms with Crippen LogP contribution >= 0.6 is 0 Å². The van der Waals surface area contributed by atoms with Crippen LogP contribution < -0.4 is 5.73 Å². The standard InChI is InChI=1S/C14H11N5/c15-8-10-5-6-13(11(7-10)9-16)19-14-4-2-1-3-12(14)17-18-19/h1-7H,8,15H2. The third-order valence-electron chi connectivity index (χ3n) is 3.00. The summed E-state index contributed by atoms with van der Waals surface area (Å²) in [7, 11) is 0. The Morgan fingerprint density at radius 1 is 1.21 bits per heavy atom. The Labute approximate surface area is 109 Å². The molecular formula is C14H11N5. The van der Waals surface area contributed by atoms with Gasteiger partial charge in [-0.25, -0.2) is 4.68 Å². The van der Waals surface area contributed by atoms with E-state index in [1.807, 2.05) is 36.4 Å². The summed E-state index contributed by atoms with van der Waals surface area (Å²) in [6, 6.07) is 15.3. The van der Waals surface area contributed by atoms with Gasteiger partial charge in [0.25, 0.3) is 0 Å². The van der Waals surface area contributed by atoms with Crippen molar-refractivity contribution < 1.29 is 0 Å². The van der Waals surface area contributed by atoms with E-state index in [-0.39, 0.29) is 0 Å². The lowest BCUT2D eigenvalue weighted by molar-refractivity contribution is 0.821. The molecule has 3 aromatic rings. The lowest BCUT2D eigenvalue weighted by Gasteiger charge is -2.06. The Kier molecular flexibility index (Phi) is 2.71. The number of nitriles is 1. The largest absolute Gasteiger partial charge is 0.326 e. The first-order valence-corrected chi connectivity index (χ1v) is 5.87. The van der Waals surface area contributed by atoms with Crippen LogP contribution in [0.4, 0.5) is 0 Å². The van der Waals surface area contributed by atoms with Crippen molar-refractivity contribution in [3.63, 3.8) is 0 Å². The molecule has 2 N–H and O–H groups in total. The van der Waals surface area contributed by atoms with Crippen molar-refractivity contribution in [3.05, 3.63) is 53.6 Å². The third kappa shape index (κ3) is 1.84. The highest BCUT2D eigenvalue weighted by Crippen LogP contribution is 2.20. The van der Waals surface area contributed by atoms with Gasteiger partial charge in [0.05, 0.1) is 16.8 Å². The van der Waals surface area contributed by atoms with E-state index in [0.717, 1.165) is 16.6 Å². The molecule has 0 fully saturated rings. The highest BCUT2D eigenvalue weighted by molar-refractivity contribution is 5.76. The topological polar surface area (TPSA) is 80.5 Å². The second kappa shape index (κ2) is 4.52. The number of aromatic nitrogens is 3. The molecule has 5 nitrogen and oxygen atoms in total. The van der Waals surface area contributed by atoms with Gasteiger partial charge in [-0.2, -0.15) is 5.26 Å². The molecule has 5 heteroatoms. The molecule has 92 valence electrons. The van der Waals surface area contributed by atoms with Gasteiger partial charge in [0, 0.05) is 6.54 Å². The minimum absolute atomic E-state index is 0.410. The first-order valence-electron chi connectivity index (χ1n) is 5.87. The van der Waals surface area contributed by atoms with E-state index in [2.05, 4.69) is 16.4 Å². The fourth-order valence-corrected chi connectivity index (χ4v) is 2.03. The van der Waals surface area contributed by atoms with Gasteiger partial charge in [0.15, 0.2) is 0 Å². The normalized spacial score (nSPS) is 10.5. The van der Waals surface area contributed by atoms with Crippen molar-refractivity contribution in [1.29, 1.82) is 5.26 Å². The molecule has 0 amide bonds. The van der Waals surface area contributed by atoms with Crippen LogP contribution in [0.2, 0.25) is 0 Å². The minimum atomic E-state index is 0.410. The van der Waals surface area contributed by atoms with Crippen LogP contribution in [0, 0.1) is 11.3 Å². The lowest BCUT2D eigenvalue weighted by atomic mass is 10.1. The van der Waals surface area contributed by atoms with Crippen molar-refractivity contribution in [2.45, 2.75) is 6.54 Å². The predicted molar refractivity (Wildman–Crippen MR) is 71.5 cm³/mol. The summed E-state index contributed by atoms with van der Waals surface area (Å²) in [5, 5.41) is 17.5. The molecule has 0 aliphatic heterocycles. The Bertz CT molecular complexity index is 782. The number of nitrogens with zero attached hydrogens (tertiary/aromatic N) is 4. The lowest BCUT2D eigenvalue weighted by Crippen LogP contribution is -2.02. The molecule has 0 spiro atoms. The van der Waals surface area contributed by atoms with Gasteiger partial charge in [0.2, 0.25) is 0 Å². The number of hydrogen-bond acceptors (Lipinski definition) is 4. The SMILES string of the molecule is N#Cc1cc(CN)ccc1-n1nnc2ccccc21. The molecule has 2 aromatic carbocycles. The predicted octanol–water partition coefficient (Wildman–Crippen LogP) is 1.75. The summed E-state index contributed by atoms with van der Waals surface area (Å²) >= 11 is 0. The molecule has 0 saturated heterocycles. The number of para-hydroxylation sites is 1. The average Bonchev–Trinajstić information content (AvgIpc) is 2.90. The van der Waals surface area contributed by atoms with Gasteiger partial charge >= 0.3 is 0 Å². The fourth-order valence-electron chi connectivity index (χ4n) is 2.03. The van der Waals surface area contributed by atoms with Crippen LogP contribution in [0.1, 0.15) is 11.1 Å². The van der Waals surface area contributed by atoms with Gasteiger partial charge in [-0.15, -0.1) is 5.10 Å². The molecule has 1 heterocycles. The highest BCUT2D eigenvalue weighted by atomic mass is 15.4. The van der Waals surface area contributed by atoms with E-state index in [4.69, 9.17) is 5.73 Å². The molecule has 19 heavy (non-hydrogen) atoms. The zero-order valence-electron chi connectivity index (χ0n) is 10.1. The van der Waals surface area contributed by atoms with Crippen LogP contribution in [-0.2, 0) is 6.54 Å². The van der Waals surface area contributed by atoms with Gasteiger partial charge in [0.1, 0.15) is 11.6 Å². The molecule has 0 saturated carbocycles. The zero-order valence-corrected chi connectivity index (χ0v) is 10.1. The summed E-state index contributed by atoms with van der Waals surface area (Å²) < 4.78 is 1.67. The van der Waals surface area contributed by atoms with Crippen molar-refractivity contribution in [2.75, 3.05) is 0 Å². The zero-order chi connectivity index (χ0) is 13.2. The molecular weight excluding hydrogens is 238 g/mol. The van der Waals surface area contributed by atoms with E-state index in [1.54, 1.807) is 10.7 Å². The van der Waals surface area contributed by atoms with Crippen LogP contribution in [0.5, 0.6) is 0 Å². The Balaban J connectivity index is 2.25. The second-order valence-electron chi connectivity index (χ2n) is 4.16. The average molecular weight is 249 g/mol. The first-order chi connectivity index (χ1) is 9.33. The Morgan fingerprint density at radius 3 is 2.84 bits per heavy atom. The van der Waals surface area contributed by atoms with Crippen molar-refractivity contribution >= 4 is 11.0 Å². The number of hydrogen-bond donors (Lipinski definition) is 1. The van der Waals surface area contributed by atoms with Crippen LogP contribution in [0.15, 0.2) is 42.5 Å². The maximum absolute atomic E-state index is 9.26. The first kappa shape index (κ1) is 11.4. The van der Waals surface area contributed by atoms with Crippen LogP contribution in [0.3, 0.4) is 0 Å². The van der Waals surface area contributed by atoms with Crippen molar-refractivity contribution in [3.8, 4) is 11.8 Å². The second-order valence-corrected chi connectivity index (χ2v) is 4.16. The summed E-state index contributed by atoms with van der Waals surface area (Å²) in [6.45, 7) is 0.410. The molecule has 0 unspecified atom stereocenters. The fraction of sp³-hybridized carbons (Fsp3) is 0.0714. The number of fused-ring (bicyclic) bond motifs is 1. The number of rotatable bonds is 2. The van der Waals surface area contributed by atoms with Crippen LogP contribution in [0.25, 0.3) is 16.7 Å². The van der Waals surface area contributed by atoms with E-state index in [0.29, 0.717) is 17.8 Å². The Hall–Kier alpha value is -2.71. The van der Waals surface area contributed by atoms with Gasteiger partial charge in [-0.3, -0.25) is 0 Å². The summed E-state index contributed by atoms with van der Waals surface area (Å²) in [6.07, 6.45) is 0. The molecule has 1 aromatic heterocycles. The minimum Gasteiger partial charge on any atom is -0.326 e. The van der Waals surface area contributed by atoms with Crippen LogP contribution in [-0.4, -0.2) is 15.0 Å². The summed E-state index contributed by atoms with van der Waals surface area (Å²) in [4.78, 5) is 0. The van der Waals surface area contributed by atoms with E-state index in [9.17, 15) is 5.26 Å². The molecule has 0 aliphatic rings. The molecule has 3 rings (SSSR count). The molecule has 0 aliphatic carbocycles. The van der Waals surface area contributed by atoms with E-state index >= 15 is 0 Å². The molecule has 0 radical (unpaired) electrons. The molecule has 0 bridgehead atoms. The number of benzene rings is 2. The van der Waals surface area contributed by atoms with Crippen molar-refractivity contribution in [1.82, 2.24) is 15.0 Å². The van der Waals surface area contributed by atoms with Gasteiger partial charge in [-0.1, -0.05) is 23.4 Å². The Morgan fingerprint density at radius 2 is 2.05 bits per heavy atom. The molecule has 0 atom stereocenters.